The van der Waals surface area contributed by atoms with E-state index in [0.29, 0.717) is 13.0 Å². The van der Waals surface area contributed by atoms with E-state index in [-0.39, 0.29) is 16.6 Å². The third-order valence-electron chi connectivity index (χ3n) is 4.18. The molecule has 0 unspecified atom stereocenters. The van der Waals surface area contributed by atoms with Crippen LogP contribution < -0.4 is 0 Å². The van der Waals surface area contributed by atoms with Crippen molar-refractivity contribution in [2.24, 2.45) is 0 Å². The third kappa shape index (κ3) is 3.05. The number of ether oxygens (including phenoxy) is 1. The molecule has 1 aliphatic rings. The number of nitro groups is 1. The lowest BCUT2D eigenvalue weighted by molar-refractivity contribution is -0.384. The minimum absolute atomic E-state index is 0.120. The molecule has 0 aliphatic carbocycles. The summed E-state index contributed by atoms with van der Waals surface area (Å²) in [5.74, 6) is -0.264. The van der Waals surface area contributed by atoms with Crippen molar-refractivity contribution >= 4 is 11.7 Å². The zero-order valence-electron chi connectivity index (χ0n) is 12.6. The number of rotatable bonds is 3. The Morgan fingerprint density at radius 3 is 2.48 bits per heavy atom. The molecule has 6 heteroatoms. The summed E-state index contributed by atoms with van der Waals surface area (Å²) in [6, 6.07) is 5.01. The van der Waals surface area contributed by atoms with Crippen LogP contribution >= 0.6 is 0 Å². The molecule has 0 atom stereocenters. The van der Waals surface area contributed by atoms with Crippen LogP contribution in [0.2, 0.25) is 0 Å². The normalized spacial score (nSPS) is 16.0. The first kappa shape index (κ1) is 15.4. The molecule has 0 spiro atoms. The Labute approximate surface area is 123 Å². The summed E-state index contributed by atoms with van der Waals surface area (Å²) in [5.41, 5.74) is 1.54. The van der Waals surface area contributed by atoms with Gasteiger partial charge in [-0.2, -0.15) is 0 Å². The highest BCUT2D eigenvalue weighted by molar-refractivity contribution is 5.79. The van der Waals surface area contributed by atoms with Crippen LogP contribution in [0.25, 0.3) is 0 Å². The number of non-ortho nitro benzene ring substituents is 1. The third-order valence-corrected chi connectivity index (χ3v) is 4.18. The minimum atomic E-state index is -0.692. The molecule has 0 radical (unpaired) electrons. The molecule has 0 aromatic heterocycles. The van der Waals surface area contributed by atoms with Gasteiger partial charge in [-0.25, -0.2) is 0 Å². The Morgan fingerprint density at radius 1 is 1.29 bits per heavy atom. The van der Waals surface area contributed by atoms with Crippen molar-refractivity contribution in [2.75, 3.05) is 20.2 Å². The van der Waals surface area contributed by atoms with Crippen LogP contribution in [0.3, 0.4) is 0 Å². The van der Waals surface area contributed by atoms with Crippen molar-refractivity contribution in [3.8, 4) is 0 Å². The zero-order valence-corrected chi connectivity index (χ0v) is 12.6. The second kappa shape index (κ2) is 5.81. The highest BCUT2D eigenvalue weighted by atomic mass is 16.6. The van der Waals surface area contributed by atoms with Crippen molar-refractivity contribution in [1.29, 1.82) is 0 Å². The lowest BCUT2D eigenvalue weighted by Gasteiger charge is -2.35. The van der Waals surface area contributed by atoms with Gasteiger partial charge < -0.3 is 4.74 Å². The van der Waals surface area contributed by atoms with Crippen LogP contribution in [0.5, 0.6) is 0 Å². The SMILES string of the molecule is COC(=O)C(C)(C)N1CCc2ccc([N+](=O)[O-])cc2CC1. The fraction of sp³-hybridized carbons (Fsp3) is 0.533. The molecule has 0 N–H and O–H groups in total. The van der Waals surface area contributed by atoms with Crippen LogP contribution in [0.1, 0.15) is 25.0 Å². The predicted octanol–water partition coefficient (Wildman–Crippen LogP) is 1.95. The van der Waals surface area contributed by atoms with Gasteiger partial charge in [0.2, 0.25) is 0 Å². The first-order chi connectivity index (χ1) is 9.86. The number of fused-ring (bicyclic) bond motifs is 1. The maximum Gasteiger partial charge on any atom is 0.325 e. The van der Waals surface area contributed by atoms with Gasteiger partial charge in [0.15, 0.2) is 0 Å². The van der Waals surface area contributed by atoms with E-state index in [1.165, 1.54) is 7.11 Å². The van der Waals surface area contributed by atoms with Crippen molar-refractivity contribution in [1.82, 2.24) is 4.90 Å². The number of hydrogen-bond donors (Lipinski definition) is 0. The topological polar surface area (TPSA) is 72.7 Å². The standard InChI is InChI=1S/C15H20N2O4/c1-15(2,14(18)21-3)16-8-6-11-4-5-13(17(19)20)10-12(11)7-9-16/h4-5,10H,6-9H2,1-3H3. The Bertz CT molecular complexity index is 569. The van der Waals surface area contributed by atoms with Crippen molar-refractivity contribution < 1.29 is 14.5 Å². The molecule has 1 aliphatic heterocycles. The predicted molar refractivity (Wildman–Crippen MR) is 78.2 cm³/mol. The van der Waals surface area contributed by atoms with Gasteiger partial charge in [0.05, 0.1) is 12.0 Å². The number of carbonyl (C=O) groups is 1. The molecule has 1 aromatic rings. The molecular weight excluding hydrogens is 272 g/mol. The summed E-state index contributed by atoms with van der Waals surface area (Å²) in [6.07, 6.45) is 1.46. The fourth-order valence-corrected chi connectivity index (χ4v) is 2.76. The number of nitro benzene ring substituents is 1. The Hall–Kier alpha value is -1.95. The van der Waals surface area contributed by atoms with Crippen LogP contribution in [0.4, 0.5) is 5.69 Å². The average Bonchev–Trinajstić information content (AvgIpc) is 2.68. The van der Waals surface area contributed by atoms with Gasteiger partial charge in [0.25, 0.3) is 5.69 Å². The van der Waals surface area contributed by atoms with Gasteiger partial charge in [0.1, 0.15) is 5.54 Å². The molecule has 2 rings (SSSR count). The summed E-state index contributed by atoms with van der Waals surface area (Å²) in [5, 5.41) is 10.9. The summed E-state index contributed by atoms with van der Waals surface area (Å²) in [4.78, 5) is 24.5. The van der Waals surface area contributed by atoms with Crippen molar-refractivity contribution in [2.45, 2.75) is 32.2 Å². The van der Waals surface area contributed by atoms with Gasteiger partial charge in [-0.15, -0.1) is 0 Å². The second-order valence-corrected chi connectivity index (χ2v) is 5.75. The molecule has 0 saturated carbocycles. The molecular formula is C15H20N2O4. The smallest absolute Gasteiger partial charge is 0.325 e. The molecule has 0 bridgehead atoms. The van der Waals surface area contributed by atoms with E-state index in [1.807, 2.05) is 19.9 Å². The number of methoxy groups -OCH3 is 1. The largest absolute Gasteiger partial charge is 0.468 e. The van der Waals surface area contributed by atoms with Crippen molar-refractivity contribution in [3.63, 3.8) is 0 Å². The zero-order chi connectivity index (χ0) is 15.6. The number of hydrogen-bond acceptors (Lipinski definition) is 5. The Kier molecular flexibility index (Phi) is 4.27. The van der Waals surface area contributed by atoms with Gasteiger partial charge in [-0.3, -0.25) is 19.8 Å². The number of carbonyl (C=O) groups excluding carboxylic acids is 1. The maximum absolute atomic E-state index is 11.9. The monoisotopic (exact) mass is 292 g/mol. The Morgan fingerprint density at radius 2 is 1.90 bits per heavy atom. The first-order valence-corrected chi connectivity index (χ1v) is 6.96. The summed E-state index contributed by atoms with van der Waals surface area (Å²) in [6.45, 7) is 5.09. The van der Waals surface area contributed by atoms with E-state index < -0.39 is 5.54 Å². The number of esters is 1. The average molecular weight is 292 g/mol. The summed E-state index contributed by atoms with van der Waals surface area (Å²) >= 11 is 0. The molecule has 1 aromatic carbocycles. The second-order valence-electron chi connectivity index (χ2n) is 5.75. The summed E-state index contributed by atoms with van der Waals surface area (Å²) in [7, 11) is 1.39. The lowest BCUT2D eigenvalue weighted by atomic mass is 10.0. The fourth-order valence-electron chi connectivity index (χ4n) is 2.76. The highest BCUT2D eigenvalue weighted by Crippen LogP contribution is 2.25. The molecule has 0 amide bonds. The summed E-state index contributed by atoms with van der Waals surface area (Å²) < 4.78 is 4.87. The molecule has 0 fully saturated rings. The molecule has 0 saturated heterocycles. The van der Waals surface area contributed by atoms with E-state index in [4.69, 9.17) is 4.74 Å². The quantitative estimate of drug-likeness (QED) is 0.483. The number of nitrogens with zero attached hydrogens (tertiary/aromatic N) is 2. The van der Waals surface area contributed by atoms with Crippen LogP contribution in [0.15, 0.2) is 18.2 Å². The van der Waals surface area contributed by atoms with Gasteiger partial charge >= 0.3 is 5.97 Å². The Balaban J connectivity index is 2.21. The van der Waals surface area contributed by atoms with E-state index >= 15 is 0 Å². The first-order valence-electron chi connectivity index (χ1n) is 6.96. The number of benzene rings is 1. The molecule has 114 valence electrons. The molecule has 1 heterocycles. The van der Waals surface area contributed by atoms with Crippen LogP contribution in [-0.2, 0) is 22.4 Å². The molecule has 21 heavy (non-hydrogen) atoms. The molecule has 6 nitrogen and oxygen atoms in total. The lowest BCUT2D eigenvalue weighted by Crippen LogP contribution is -2.51. The van der Waals surface area contributed by atoms with Crippen molar-refractivity contribution in [3.05, 3.63) is 39.4 Å². The highest BCUT2D eigenvalue weighted by Gasteiger charge is 2.36. The van der Waals surface area contributed by atoms with Gasteiger partial charge in [-0.05, 0) is 37.8 Å². The van der Waals surface area contributed by atoms with E-state index in [2.05, 4.69) is 4.90 Å². The van der Waals surface area contributed by atoms with Gasteiger partial charge in [0, 0.05) is 25.2 Å². The van der Waals surface area contributed by atoms with E-state index in [1.54, 1.807) is 12.1 Å². The van der Waals surface area contributed by atoms with E-state index in [9.17, 15) is 14.9 Å². The minimum Gasteiger partial charge on any atom is -0.468 e. The van der Waals surface area contributed by atoms with Gasteiger partial charge in [-0.1, -0.05) is 6.07 Å². The van der Waals surface area contributed by atoms with Crippen LogP contribution in [0, 0.1) is 10.1 Å². The maximum atomic E-state index is 11.9. The van der Waals surface area contributed by atoms with Crippen LogP contribution in [-0.4, -0.2) is 41.5 Å². The van der Waals surface area contributed by atoms with E-state index in [0.717, 1.165) is 24.1 Å².